The number of aromatic nitrogens is 3. The number of nitrogens with one attached hydrogen (secondary N) is 1. The van der Waals surface area contributed by atoms with Crippen LogP contribution in [0.3, 0.4) is 0 Å². The molecule has 0 saturated heterocycles. The smallest absolute Gasteiger partial charge is 0.273 e. The van der Waals surface area contributed by atoms with Gasteiger partial charge in [0.25, 0.3) is 5.91 Å². The van der Waals surface area contributed by atoms with E-state index in [1.54, 1.807) is 12.1 Å². The standard InChI is InChI=1S/C20H17FN4O3/c1-13-5-6-25-10-15(23-18(25)7-13)9-22-20(26)17-11-28-19(24-17)12-27-16-4-2-3-14(21)8-16/h2-8,10-11H,9,12H2,1H3,(H,22,26). The van der Waals surface area contributed by atoms with Gasteiger partial charge in [0, 0.05) is 18.5 Å². The maximum atomic E-state index is 13.1. The fourth-order valence-corrected chi connectivity index (χ4v) is 2.67. The molecule has 0 unspecified atom stereocenters. The molecule has 0 bridgehead atoms. The average molecular weight is 380 g/mol. The molecule has 28 heavy (non-hydrogen) atoms. The maximum Gasteiger partial charge on any atom is 0.273 e. The molecule has 0 atom stereocenters. The number of ether oxygens (including phenoxy) is 1. The molecule has 7 nitrogen and oxygen atoms in total. The number of oxazole rings is 1. The summed E-state index contributed by atoms with van der Waals surface area (Å²) in [6.45, 7) is 2.25. The van der Waals surface area contributed by atoms with Crippen LogP contribution in [0.2, 0.25) is 0 Å². The molecule has 0 aliphatic carbocycles. The monoisotopic (exact) mass is 380 g/mol. The van der Waals surface area contributed by atoms with Crippen molar-refractivity contribution in [2.45, 2.75) is 20.1 Å². The first kappa shape index (κ1) is 17.7. The van der Waals surface area contributed by atoms with Crippen LogP contribution in [0, 0.1) is 12.7 Å². The van der Waals surface area contributed by atoms with Gasteiger partial charge in [-0.2, -0.15) is 0 Å². The molecule has 1 aromatic carbocycles. The van der Waals surface area contributed by atoms with Crippen molar-refractivity contribution in [2.75, 3.05) is 0 Å². The summed E-state index contributed by atoms with van der Waals surface area (Å²) in [5, 5.41) is 2.76. The molecular weight excluding hydrogens is 363 g/mol. The van der Waals surface area contributed by atoms with Gasteiger partial charge >= 0.3 is 0 Å². The molecule has 4 aromatic rings. The number of benzene rings is 1. The van der Waals surface area contributed by atoms with E-state index in [1.165, 1.54) is 18.4 Å². The van der Waals surface area contributed by atoms with Crippen molar-refractivity contribution in [3.05, 3.63) is 83.7 Å². The molecule has 0 aliphatic rings. The van der Waals surface area contributed by atoms with E-state index in [9.17, 15) is 9.18 Å². The molecule has 1 amide bonds. The van der Waals surface area contributed by atoms with Crippen LogP contribution in [-0.4, -0.2) is 20.3 Å². The summed E-state index contributed by atoms with van der Waals surface area (Å²) in [6, 6.07) is 9.70. The molecule has 1 N–H and O–H groups in total. The predicted molar refractivity (Wildman–Crippen MR) is 98.3 cm³/mol. The van der Waals surface area contributed by atoms with Crippen LogP contribution in [0.1, 0.15) is 27.6 Å². The number of rotatable bonds is 6. The maximum absolute atomic E-state index is 13.1. The van der Waals surface area contributed by atoms with Gasteiger partial charge in [0.05, 0.1) is 12.2 Å². The minimum absolute atomic E-state index is 0.0114. The molecule has 0 aliphatic heterocycles. The highest BCUT2D eigenvalue weighted by Crippen LogP contribution is 2.14. The summed E-state index contributed by atoms with van der Waals surface area (Å²) < 4.78 is 25.7. The van der Waals surface area contributed by atoms with E-state index in [1.807, 2.05) is 35.9 Å². The van der Waals surface area contributed by atoms with E-state index in [0.717, 1.165) is 16.9 Å². The van der Waals surface area contributed by atoms with E-state index >= 15 is 0 Å². The number of carbonyl (C=O) groups is 1. The molecular formula is C20H17FN4O3. The number of hydrogen-bond acceptors (Lipinski definition) is 5. The molecule has 8 heteroatoms. The number of aryl methyl sites for hydroxylation is 1. The van der Waals surface area contributed by atoms with E-state index in [2.05, 4.69) is 15.3 Å². The molecule has 0 fully saturated rings. The van der Waals surface area contributed by atoms with Crippen molar-refractivity contribution >= 4 is 11.6 Å². The Morgan fingerprint density at radius 3 is 3.04 bits per heavy atom. The third-order valence-corrected chi connectivity index (χ3v) is 4.04. The molecule has 142 valence electrons. The zero-order valence-corrected chi connectivity index (χ0v) is 15.1. The minimum Gasteiger partial charge on any atom is -0.484 e. The van der Waals surface area contributed by atoms with Crippen molar-refractivity contribution < 1.29 is 18.3 Å². The quantitative estimate of drug-likeness (QED) is 0.555. The molecule has 4 rings (SSSR count). The van der Waals surface area contributed by atoms with Gasteiger partial charge in [-0.15, -0.1) is 0 Å². The van der Waals surface area contributed by atoms with Crippen LogP contribution in [0.5, 0.6) is 5.75 Å². The number of nitrogens with zero attached hydrogens (tertiary/aromatic N) is 3. The van der Waals surface area contributed by atoms with Crippen molar-refractivity contribution in [2.24, 2.45) is 0 Å². The second kappa shape index (κ2) is 7.51. The van der Waals surface area contributed by atoms with Gasteiger partial charge < -0.3 is 18.9 Å². The number of fused-ring (bicyclic) bond motifs is 1. The summed E-state index contributed by atoms with van der Waals surface area (Å²) >= 11 is 0. The fourth-order valence-electron chi connectivity index (χ4n) is 2.67. The van der Waals surface area contributed by atoms with Gasteiger partial charge in [0.1, 0.15) is 23.5 Å². The van der Waals surface area contributed by atoms with E-state index in [4.69, 9.17) is 9.15 Å². The second-order valence-electron chi connectivity index (χ2n) is 6.26. The summed E-state index contributed by atoms with van der Waals surface area (Å²) in [4.78, 5) is 20.8. The van der Waals surface area contributed by atoms with E-state index in [-0.39, 0.29) is 30.6 Å². The lowest BCUT2D eigenvalue weighted by Gasteiger charge is -2.02. The lowest BCUT2D eigenvalue weighted by Crippen LogP contribution is -2.23. The minimum atomic E-state index is -0.396. The summed E-state index contributed by atoms with van der Waals surface area (Å²) in [7, 11) is 0. The molecule has 0 saturated carbocycles. The van der Waals surface area contributed by atoms with Crippen molar-refractivity contribution in [3.63, 3.8) is 0 Å². The Bertz CT molecular complexity index is 1140. The van der Waals surface area contributed by atoms with Gasteiger partial charge in [-0.05, 0) is 36.8 Å². The largest absolute Gasteiger partial charge is 0.484 e. The molecule has 0 radical (unpaired) electrons. The van der Waals surface area contributed by atoms with E-state index < -0.39 is 5.82 Å². The van der Waals surface area contributed by atoms with Gasteiger partial charge in [0.15, 0.2) is 12.3 Å². The SMILES string of the molecule is Cc1ccn2cc(CNC(=O)c3coc(COc4cccc(F)c4)n3)nc2c1. The average Bonchev–Trinajstić information content (AvgIpc) is 3.31. The van der Waals surface area contributed by atoms with Crippen LogP contribution in [0.4, 0.5) is 4.39 Å². The van der Waals surface area contributed by atoms with Crippen LogP contribution < -0.4 is 10.1 Å². The Morgan fingerprint density at radius 1 is 1.29 bits per heavy atom. The number of amides is 1. The highest BCUT2D eigenvalue weighted by Gasteiger charge is 2.13. The number of imidazole rings is 1. The fraction of sp³-hybridized carbons (Fsp3) is 0.150. The molecule has 0 spiro atoms. The third kappa shape index (κ3) is 4.01. The van der Waals surface area contributed by atoms with E-state index in [0.29, 0.717) is 5.75 Å². The zero-order chi connectivity index (χ0) is 19.5. The van der Waals surface area contributed by atoms with Crippen molar-refractivity contribution in [1.82, 2.24) is 19.7 Å². The topological polar surface area (TPSA) is 81.7 Å². The number of carbonyl (C=O) groups excluding carboxylic acids is 1. The Hall–Kier alpha value is -3.68. The van der Waals surface area contributed by atoms with Crippen molar-refractivity contribution in [1.29, 1.82) is 0 Å². The Balaban J connectivity index is 1.34. The first-order valence-corrected chi connectivity index (χ1v) is 8.62. The van der Waals surface area contributed by atoms with Crippen LogP contribution in [-0.2, 0) is 13.2 Å². The first-order valence-electron chi connectivity index (χ1n) is 8.62. The summed E-state index contributed by atoms with van der Waals surface area (Å²) in [6.07, 6.45) is 5.04. The van der Waals surface area contributed by atoms with Gasteiger partial charge in [-0.3, -0.25) is 4.79 Å². The zero-order valence-electron chi connectivity index (χ0n) is 15.1. The normalized spacial score (nSPS) is 10.9. The predicted octanol–water partition coefficient (Wildman–Crippen LogP) is 3.28. The lowest BCUT2D eigenvalue weighted by molar-refractivity contribution is 0.0945. The van der Waals surface area contributed by atoms with Gasteiger partial charge in [-0.25, -0.2) is 14.4 Å². The van der Waals surface area contributed by atoms with Crippen LogP contribution >= 0.6 is 0 Å². The Morgan fingerprint density at radius 2 is 2.18 bits per heavy atom. The Kier molecular flexibility index (Phi) is 4.76. The highest BCUT2D eigenvalue weighted by molar-refractivity contribution is 5.91. The summed E-state index contributed by atoms with van der Waals surface area (Å²) in [5.41, 5.74) is 2.81. The number of pyridine rings is 1. The van der Waals surface area contributed by atoms with Crippen molar-refractivity contribution in [3.8, 4) is 5.75 Å². The Labute approximate surface area is 159 Å². The van der Waals surface area contributed by atoms with Gasteiger partial charge in [0.2, 0.25) is 5.89 Å². The number of hydrogen-bond donors (Lipinski definition) is 1. The lowest BCUT2D eigenvalue weighted by atomic mass is 10.3. The van der Waals surface area contributed by atoms with Crippen LogP contribution in [0.25, 0.3) is 5.65 Å². The third-order valence-electron chi connectivity index (χ3n) is 4.04. The molecule has 3 heterocycles. The highest BCUT2D eigenvalue weighted by atomic mass is 19.1. The van der Waals surface area contributed by atoms with Crippen LogP contribution in [0.15, 0.2) is 59.5 Å². The summed E-state index contributed by atoms with van der Waals surface area (Å²) in [5.74, 6) is -0.204. The van der Waals surface area contributed by atoms with Gasteiger partial charge in [-0.1, -0.05) is 6.07 Å². The number of halogens is 1. The molecule has 3 aromatic heterocycles. The first-order chi connectivity index (χ1) is 13.6. The second-order valence-corrected chi connectivity index (χ2v) is 6.26.